The van der Waals surface area contributed by atoms with Crippen LogP contribution in [-0.4, -0.2) is 18.0 Å². The zero-order valence-electron chi connectivity index (χ0n) is 11.9. The van der Waals surface area contributed by atoms with Crippen molar-refractivity contribution in [2.24, 2.45) is 16.6 Å². The maximum atomic E-state index is 6.12. The van der Waals surface area contributed by atoms with Crippen molar-refractivity contribution in [2.75, 3.05) is 11.4 Å². The van der Waals surface area contributed by atoms with Crippen LogP contribution in [0.1, 0.15) is 33.6 Å². The highest BCUT2D eigenvalue weighted by Crippen LogP contribution is 2.36. The fourth-order valence-electron chi connectivity index (χ4n) is 2.51. The monoisotopic (exact) mass is 323 g/mol. The summed E-state index contributed by atoms with van der Waals surface area (Å²) in [5.74, 6) is 1.32. The van der Waals surface area contributed by atoms with E-state index in [1.165, 1.54) is 6.42 Å². The molecule has 0 aromatic heterocycles. The molecule has 3 nitrogen and oxygen atoms in total. The second-order valence-corrected chi connectivity index (χ2v) is 6.75. The summed E-state index contributed by atoms with van der Waals surface area (Å²) in [6.07, 6.45) is 2.27. The quantitative estimate of drug-likeness (QED) is 0.916. The lowest BCUT2D eigenvalue weighted by atomic mass is 9.90. The van der Waals surface area contributed by atoms with E-state index in [1.54, 1.807) is 0 Å². The Morgan fingerprint density at radius 1 is 1.42 bits per heavy atom. The van der Waals surface area contributed by atoms with Gasteiger partial charge >= 0.3 is 0 Å². The maximum Gasteiger partial charge on any atom is 0.196 e. The molecule has 19 heavy (non-hydrogen) atoms. The molecule has 0 bridgehead atoms. The topological polar surface area (TPSA) is 41.6 Å². The molecule has 0 radical (unpaired) electrons. The van der Waals surface area contributed by atoms with Gasteiger partial charge in [-0.2, -0.15) is 0 Å². The van der Waals surface area contributed by atoms with E-state index in [4.69, 9.17) is 5.73 Å². The third-order valence-electron chi connectivity index (χ3n) is 3.70. The van der Waals surface area contributed by atoms with Crippen molar-refractivity contribution < 1.29 is 0 Å². The molecular weight excluding hydrogens is 302 g/mol. The van der Waals surface area contributed by atoms with Gasteiger partial charge in [0, 0.05) is 4.47 Å². The van der Waals surface area contributed by atoms with Crippen LogP contribution >= 0.6 is 15.9 Å². The number of hydrogen-bond acceptors (Lipinski definition) is 3. The van der Waals surface area contributed by atoms with Crippen LogP contribution in [0.2, 0.25) is 0 Å². The first-order valence-electron chi connectivity index (χ1n) is 6.79. The lowest BCUT2D eigenvalue weighted by molar-refractivity contribution is 0.407. The molecule has 1 aliphatic rings. The number of guanidine groups is 1. The van der Waals surface area contributed by atoms with Gasteiger partial charge in [0.25, 0.3) is 0 Å². The van der Waals surface area contributed by atoms with E-state index in [-0.39, 0.29) is 5.54 Å². The number of anilines is 1. The molecule has 1 aromatic rings. The van der Waals surface area contributed by atoms with Gasteiger partial charge in [0.05, 0.1) is 17.8 Å². The number of para-hydroxylation sites is 1. The fourth-order valence-corrected chi connectivity index (χ4v) is 2.97. The van der Waals surface area contributed by atoms with Crippen LogP contribution in [0.25, 0.3) is 0 Å². The minimum absolute atomic E-state index is 0.0156. The Kier molecular flexibility index (Phi) is 4.19. The summed E-state index contributed by atoms with van der Waals surface area (Å²) in [4.78, 5) is 6.65. The Morgan fingerprint density at radius 3 is 2.74 bits per heavy atom. The largest absolute Gasteiger partial charge is 0.369 e. The number of nitrogens with zero attached hydrogens (tertiary/aromatic N) is 2. The van der Waals surface area contributed by atoms with Gasteiger partial charge in [-0.25, -0.2) is 0 Å². The molecule has 1 atom stereocenters. The number of rotatable bonds is 4. The molecular formula is C15H22BrN3. The molecule has 2 rings (SSSR count). The number of nitrogens with two attached hydrogens (primary N) is 1. The number of aliphatic imine (C=N–C) groups is 1. The molecule has 2 N–H and O–H groups in total. The summed E-state index contributed by atoms with van der Waals surface area (Å²) in [7, 11) is 0. The number of halogens is 1. The van der Waals surface area contributed by atoms with Crippen LogP contribution in [0.5, 0.6) is 0 Å². The van der Waals surface area contributed by atoms with Gasteiger partial charge in [-0.3, -0.25) is 4.99 Å². The molecule has 0 saturated carbocycles. The van der Waals surface area contributed by atoms with E-state index in [9.17, 15) is 0 Å². The van der Waals surface area contributed by atoms with Gasteiger partial charge in [-0.15, -0.1) is 0 Å². The zero-order valence-corrected chi connectivity index (χ0v) is 13.4. The highest BCUT2D eigenvalue weighted by molar-refractivity contribution is 9.10. The lowest BCUT2D eigenvalue weighted by Crippen LogP contribution is -2.50. The van der Waals surface area contributed by atoms with E-state index in [0.717, 1.165) is 23.1 Å². The van der Waals surface area contributed by atoms with Crippen molar-refractivity contribution in [3.8, 4) is 0 Å². The summed E-state index contributed by atoms with van der Waals surface area (Å²) in [6, 6.07) is 8.19. The number of benzene rings is 1. The third-order valence-corrected chi connectivity index (χ3v) is 4.37. The lowest BCUT2D eigenvalue weighted by Gasteiger charge is -2.37. The van der Waals surface area contributed by atoms with Gasteiger partial charge in [0.2, 0.25) is 0 Å². The Balaban J connectivity index is 2.29. The van der Waals surface area contributed by atoms with Crippen LogP contribution in [0, 0.1) is 5.92 Å². The molecule has 1 aromatic carbocycles. The highest BCUT2D eigenvalue weighted by Gasteiger charge is 2.39. The van der Waals surface area contributed by atoms with Crippen molar-refractivity contribution in [3.63, 3.8) is 0 Å². The average molecular weight is 324 g/mol. The summed E-state index contributed by atoms with van der Waals surface area (Å²) in [5.41, 5.74) is 7.21. The van der Waals surface area contributed by atoms with E-state index < -0.39 is 0 Å². The molecule has 4 heteroatoms. The Morgan fingerprint density at radius 2 is 2.11 bits per heavy atom. The molecule has 0 aliphatic carbocycles. The molecule has 1 unspecified atom stereocenters. The van der Waals surface area contributed by atoms with E-state index in [1.807, 2.05) is 18.2 Å². The molecule has 1 aliphatic heterocycles. The second-order valence-electron chi connectivity index (χ2n) is 5.89. The molecule has 0 saturated heterocycles. The first-order chi connectivity index (χ1) is 8.94. The van der Waals surface area contributed by atoms with Crippen LogP contribution in [-0.2, 0) is 0 Å². The Hall–Kier alpha value is -1.03. The van der Waals surface area contributed by atoms with Gasteiger partial charge < -0.3 is 10.6 Å². The van der Waals surface area contributed by atoms with Crippen LogP contribution in [0.4, 0.5) is 5.69 Å². The molecule has 0 amide bonds. The smallest absolute Gasteiger partial charge is 0.196 e. The van der Waals surface area contributed by atoms with E-state index in [0.29, 0.717) is 11.9 Å². The fraction of sp³-hybridized carbons (Fsp3) is 0.533. The summed E-state index contributed by atoms with van der Waals surface area (Å²) in [5, 5.41) is 0. The van der Waals surface area contributed by atoms with Crippen molar-refractivity contribution >= 4 is 27.6 Å². The predicted octanol–water partition coefficient (Wildman–Crippen LogP) is 3.78. The van der Waals surface area contributed by atoms with Gasteiger partial charge in [-0.05, 0) is 53.7 Å². The van der Waals surface area contributed by atoms with Crippen molar-refractivity contribution in [1.29, 1.82) is 0 Å². The summed E-state index contributed by atoms with van der Waals surface area (Å²) in [6.45, 7) is 7.53. The minimum atomic E-state index is -0.0156. The van der Waals surface area contributed by atoms with Gasteiger partial charge in [0.15, 0.2) is 5.96 Å². The van der Waals surface area contributed by atoms with Gasteiger partial charge in [0.1, 0.15) is 0 Å². The second kappa shape index (κ2) is 5.53. The van der Waals surface area contributed by atoms with Crippen molar-refractivity contribution in [2.45, 2.75) is 39.2 Å². The zero-order chi connectivity index (χ0) is 14.0. The highest BCUT2D eigenvalue weighted by atomic mass is 79.9. The number of hydrogen-bond donors (Lipinski definition) is 1. The first-order valence-corrected chi connectivity index (χ1v) is 7.58. The normalized spacial score (nSPS) is 23.0. The minimum Gasteiger partial charge on any atom is -0.369 e. The summed E-state index contributed by atoms with van der Waals surface area (Å²) < 4.78 is 1.06. The van der Waals surface area contributed by atoms with E-state index >= 15 is 0 Å². The Bertz CT molecular complexity index is 484. The van der Waals surface area contributed by atoms with Crippen molar-refractivity contribution in [3.05, 3.63) is 28.7 Å². The third kappa shape index (κ3) is 2.94. The van der Waals surface area contributed by atoms with E-state index in [2.05, 4.69) is 52.7 Å². The molecule has 104 valence electrons. The average Bonchev–Trinajstić information content (AvgIpc) is 2.65. The SMILES string of the molecule is CC(C)CCC1(C)CN=C(N)N1c1ccccc1Br. The maximum absolute atomic E-state index is 6.12. The van der Waals surface area contributed by atoms with Crippen molar-refractivity contribution in [1.82, 2.24) is 0 Å². The van der Waals surface area contributed by atoms with Crippen LogP contribution in [0.15, 0.2) is 33.7 Å². The predicted molar refractivity (Wildman–Crippen MR) is 85.6 cm³/mol. The van der Waals surface area contributed by atoms with Crippen LogP contribution in [0.3, 0.4) is 0 Å². The first kappa shape index (κ1) is 14.4. The Labute approximate surface area is 124 Å². The molecule has 1 heterocycles. The van der Waals surface area contributed by atoms with Gasteiger partial charge in [-0.1, -0.05) is 26.0 Å². The van der Waals surface area contributed by atoms with Crippen LogP contribution < -0.4 is 10.6 Å². The molecule has 0 spiro atoms. The summed E-state index contributed by atoms with van der Waals surface area (Å²) >= 11 is 3.61. The molecule has 0 fully saturated rings. The standard InChI is InChI=1S/C15H22BrN3/c1-11(2)8-9-15(3)10-18-14(17)19(15)13-7-5-4-6-12(13)16/h4-7,11H,8-10H2,1-3H3,(H2,17,18).